The second-order valence-corrected chi connectivity index (χ2v) is 6.30. The lowest BCUT2D eigenvalue weighted by molar-refractivity contribution is -0.115. The molecule has 1 aliphatic heterocycles. The molecule has 0 atom stereocenters. The maximum Gasteiger partial charge on any atom is 0.275 e. The average molecular weight is 350 g/mol. The van der Waals surface area contributed by atoms with Gasteiger partial charge >= 0.3 is 0 Å². The fourth-order valence-electron chi connectivity index (χ4n) is 2.61. The number of nitrogens with one attached hydrogen (secondary N) is 1. The lowest BCUT2D eigenvalue weighted by atomic mass is 10.1. The van der Waals surface area contributed by atoms with Crippen molar-refractivity contribution in [2.24, 2.45) is 4.99 Å². The number of rotatable bonds is 6. The van der Waals surface area contributed by atoms with Crippen LogP contribution in [-0.2, 0) is 11.2 Å². The monoisotopic (exact) mass is 350 g/mol. The first kappa shape index (κ1) is 17.7. The van der Waals surface area contributed by atoms with Crippen LogP contribution in [0.15, 0.2) is 59.2 Å². The third kappa shape index (κ3) is 4.51. The lowest BCUT2D eigenvalue weighted by Crippen LogP contribution is -2.25. The van der Waals surface area contributed by atoms with Gasteiger partial charge in [-0.3, -0.25) is 4.79 Å². The second-order valence-electron chi connectivity index (χ2n) is 6.30. The molecule has 0 saturated carbocycles. The quantitative estimate of drug-likeness (QED) is 0.810. The zero-order valence-electron chi connectivity index (χ0n) is 15.2. The molecule has 0 bridgehead atoms. The molecule has 0 saturated heterocycles. The molecule has 2 aromatic carbocycles. The van der Waals surface area contributed by atoms with Crippen molar-refractivity contribution in [3.63, 3.8) is 0 Å². The van der Waals surface area contributed by atoms with Crippen LogP contribution in [0.4, 0.5) is 0 Å². The number of carbonyl (C=O) groups is 1. The Kier molecular flexibility index (Phi) is 5.37. The lowest BCUT2D eigenvalue weighted by Gasteiger charge is -2.09. The number of carbonyl (C=O) groups excluding carboxylic acids is 1. The molecular weight excluding hydrogens is 328 g/mol. The van der Waals surface area contributed by atoms with Gasteiger partial charge in [-0.15, -0.1) is 0 Å². The Balaban J connectivity index is 1.71. The average Bonchev–Trinajstić information content (AvgIpc) is 2.96. The van der Waals surface area contributed by atoms with Crippen LogP contribution in [0.2, 0.25) is 0 Å². The van der Waals surface area contributed by atoms with Crippen LogP contribution in [0, 0.1) is 0 Å². The molecular formula is C21H22N2O3. The molecule has 3 rings (SSSR count). The third-order valence-corrected chi connectivity index (χ3v) is 3.83. The van der Waals surface area contributed by atoms with Gasteiger partial charge < -0.3 is 14.8 Å². The van der Waals surface area contributed by atoms with Gasteiger partial charge in [-0.2, -0.15) is 0 Å². The van der Waals surface area contributed by atoms with E-state index in [4.69, 9.17) is 9.47 Å². The molecule has 1 heterocycles. The molecule has 1 N–H and O–H groups in total. The van der Waals surface area contributed by atoms with Crippen molar-refractivity contribution in [3.8, 4) is 11.5 Å². The standard InChI is InChI=1S/C21H22N2O3/c1-14(2)26-18-10-6-15(7-11-18)12-19-21(24)23-20(22-19)13-16-4-8-17(25-3)9-5-16/h4-12,14H,13H2,1-3H3,(H,22,23,24)/b19-12+. The number of hydrogen-bond donors (Lipinski definition) is 1. The Morgan fingerprint density at radius 3 is 2.31 bits per heavy atom. The third-order valence-electron chi connectivity index (χ3n) is 3.83. The summed E-state index contributed by atoms with van der Waals surface area (Å²) in [6.45, 7) is 3.97. The van der Waals surface area contributed by atoms with E-state index in [2.05, 4.69) is 10.3 Å². The molecule has 26 heavy (non-hydrogen) atoms. The van der Waals surface area contributed by atoms with Crippen molar-refractivity contribution in [1.82, 2.24) is 5.32 Å². The van der Waals surface area contributed by atoms with Crippen LogP contribution < -0.4 is 14.8 Å². The first-order valence-corrected chi connectivity index (χ1v) is 8.54. The van der Waals surface area contributed by atoms with Gasteiger partial charge in [-0.05, 0) is 55.3 Å². The summed E-state index contributed by atoms with van der Waals surface area (Å²) in [6, 6.07) is 15.3. The van der Waals surface area contributed by atoms with Crippen molar-refractivity contribution >= 4 is 17.8 Å². The van der Waals surface area contributed by atoms with E-state index in [1.54, 1.807) is 13.2 Å². The second kappa shape index (κ2) is 7.87. The first-order chi connectivity index (χ1) is 12.5. The molecule has 1 aliphatic rings. The number of amides is 1. The van der Waals surface area contributed by atoms with Crippen molar-refractivity contribution in [2.45, 2.75) is 26.4 Å². The van der Waals surface area contributed by atoms with Gasteiger partial charge in [-0.25, -0.2) is 4.99 Å². The van der Waals surface area contributed by atoms with E-state index in [1.807, 2.05) is 62.4 Å². The van der Waals surface area contributed by atoms with Crippen LogP contribution in [-0.4, -0.2) is 25.0 Å². The number of ether oxygens (including phenoxy) is 2. The number of aliphatic imine (C=N–C) groups is 1. The Morgan fingerprint density at radius 1 is 1.04 bits per heavy atom. The Morgan fingerprint density at radius 2 is 1.69 bits per heavy atom. The minimum absolute atomic E-state index is 0.130. The zero-order valence-corrected chi connectivity index (χ0v) is 15.2. The van der Waals surface area contributed by atoms with E-state index in [0.29, 0.717) is 18.0 Å². The number of nitrogens with zero attached hydrogens (tertiary/aromatic N) is 1. The molecule has 2 aromatic rings. The maximum absolute atomic E-state index is 12.2. The minimum atomic E-state index is -0.184. The Bertz CT molecular complexity index is 835. The summed E-state index contributed by atoms with van der Waals surface area (Å²) in [5, 5.41) is 2.83. The van der Waals surface area contributed by atoms with E-state index in [-0.39, 0.29) is 12.0 Å². The van der Waals surface area contributed by atoms with Crippen molar-refractivity contribution in [2.75, 3.05) is 7.11 Å². The minimum Gasteiger partial charge on any atom is -0.497 e. The maximum atomic E-state index is 12.2. The van der Waals surface area contributed by atoms with Crippen LogP contribution >= 0.6 is 0 Å². The fraction of sp³-hybridized carbons (Fsp3) is 0.238. The van der Waals surface area contributed by atoms with Crippen LogP contribution in [0.1, 0.15) is 25.0 Å². The van der Waals surface area contributed by atoms with E-state index in [1.165, 1.54) is 0 Å². The molecule has 5 nitrogen and oxygen atoms in total. The fourth-order valence-corrected chi connectivity index (χ4v) is 2.61. The van der Waals surface area contributed by atoms with E-state index < -0.39 is 0 Å². The smallest absolute Gasteiger partial charge is 0.275 e. The first-order valence-electron chi connectivity index (χ1n) is 8.54. The summed E-state index contributed by atoms with van der Waals surface area (Å²) < 4.78 is 10.8. The molecule has 1 amide bonds. The summed E-state index contributed by atoms with van der Waals surface area (Å²) in [5.41, 5.74) is 2.37. The summed E-state index contributed by atoms with van der Waals surface area (Å²) >= 11 is 0. The number of amidine groups is 1. The van der Waals surface area contributed by atoms with Gasteiger partial charge in [0.15, 0.2) is 0 Å². The van der Waals surface area contributed by atoms with Gasteiger partial charge in [0.1, 0.15) is 23.0 Å². The van der Waals surface area contributed by atoms with E-state index in [0.717, 1.165) is 22.6 Å². The van der Waals surface area contributed by atoms with Gasteiger partial charge in [0, 0.05) is 6.42 Å². The number of hydrogen-bond acceptors (Lipinski definition) is 4. The normalized spacial score (nSPS) is 15.2. The summed E-state index contributed by atoms with van der Waals surface area (Å²) in [7, 11) is 1.63. The van der Waals surface area contributed by atoms with Crippen molar-refractivity contribution < 1.29 is 14.3 Å². The highest BCUT2D eigenvalue weighted by atomic mass is 16.5. The predicted octanol–water partition coefficient (Wildman–Crippen LogP) is 3.59. The molecule has 0 aromatic heterocycles. The Hall–Kier alpha value is -3.08. The van der Waals surface area contributed by atoms with E-state index >= 15 is 0 Å². The van der Waals surface area contributed by atoms with Crippen LogP contribution in [0.5, 0.6) is 11.5 Å². The molecule has 134 valence electrons. The van der Waals surface area contributed by atoms with Crippen molar-refractivity contribution in [1.29, 1.82) is 0 Å². The van der Waals surface area contributed by atoms with Gasteiger partial charge in [0.05, 0.1) is 13.2 Å². The highest BCUT2D eigenvalue weighted by Gasteiger charge is 2.20. The summed E-state index contributed by atoms with van der Waals surface area (Å²) in [6.07, 6.45) is 2.47. The van der Waals surface area contributed by atoms with Gasteiger partial charge in [0.2, 0.25) is 0 Å². The molecule has 0 radical (unpaired) electrons. The summed E-state index contributed by atoms with van der Waals surface area (Å²) in [4.78, 5) is 16.6. The van der Waals surface area contributed by atoms with Crippen LogP contribution in [0.25, 0.3) is 6.08 Å². The highest BCUT2D eigenvalue weighted by molar-refractivity contribution is 6.14. The molecule has 0 unspecified atom stereocenters. The summed E-state index contributed by atoms with van der Waals surface area (Å²) in [5.74, 6) is 2.07. The SMILES string of the molecule is COc1ccc(CC2=N/C(=C/c3ccc(OC(C)C)cc3)C(=O)N2)cc1. The van der Waals surface area contributed by atoms with Gasteiger partial charge in [0.25, 0.3) is 5.91 Å². The molecule has 0 aliphatic carbocycles. The van der Waals surface area contributed by atoms with Crippen molar-refractivity contribution in [3.05, 3.63) is 65.4 Å². The molecule has 5 heteroatoms. The largest absolute Gasteiger partial charge is 0.497 e. The van der Waals surface area contributed by atoms with Gasteiger partial charge in [-0.1, -0.05) is 24.3 Å². The zero-order chi connectivity index (χ0) is 18.5. The molecule has 0 spiro atoms. The highest BCUT2D eigenvalue weighted by Crippen LogP contribution is 2.18. The number of benzene rings is 2. The predicted molar refractivity (Wildman–Crippen MR) is 102 cm³/mol. The molecule has 0 fully saturated rings. The van der Waals surface area contributed by atoms with Crippen LogP contribution in [0.3, 0.4) is 0 Å². The Labute approximate surface area is 153 Å². The van der Waals surface area contributed by atoms with E-state index in [9.17, 15) is 4.79 Å². The number of methoxy groups -OCH3 is 1. The topological polar surface area (TPSA) is 59.9 Å².